The fourth-order valence-corrected chi connectivity index (χ4v) is 3.98. The first-order chi connectivity index (χ1) is 15.4. The average molecular weight is 470 g/mol. The van der Waals surface area contributed by atoms with E-state index in [0.717, 1.165) is 16.6 Å². The Morgan fingerprint density at radius 3 is 2.82 bits per heavy atom. The molecule has 0 unspecified atom stereocenters. The van der Waals surface area contributed by atoms with Crippen LogP contribution >= 0.6 is 12.4 Å². The molecule has 1 aliphatic rings. The van der Waals surface area contributed by atoms with E-state index in [1.807, 2.05) is 19.2 Å². The van der Waals surface area contributed by atoms with Crippen LogP contribution in [0.25, 0.3) is 22.5 Å². The number of β-amino-alcohol motifs (C(OH)–C–C–N with tert-alkyl or cyclic N) is 1. The number of benzene rings is 1. The number of nitrogens with one attached hydrogen (secondary N) is 1. The van der Waals surface area contributed by atoms with Crippen molar-refractivity contribution in [3.8, 4) is 11.6 Å². The number of hydrogen-bond acceptors (Lipinski definition) is 8. The van der Waals surface area contributed by atoms with Gasteiger partial charge in [0.25, 0.3) is 5.91 Å². The summed E-state index contributed by atoms with van der Waals surface area (Å²) < 4.78 is 7.54. The average Bonchev–Trinajstić information content (AvgIpc) is 3.46. The van der Waals surface area contributed by atoms with Gasteiger partial charge in [0.2, 0.25) is 11.7 Å². The third-order valence-corrected chi connectivity index (χ3v) is 5.61. The van der Waals surface area contributed by atoms with Crippen LogP contribution in [0.4, 0.5) is 11.4 Å². The van der Waals surface area contributed by atoms with Crippen molar-refractivity contribution in [2.75, 3.05) is 23.3 Å². The van der Waals surface area contributed by atoms with Crippen molar-refractivity contribution in [3.63, 3.8) is 0 Å². The van der Waals surface area contributed by atoms with Crippen LogP contribution in [0.1, 0.15) is 28.5 Å². The maximum Gasteiger partial charge on any atom is 0.293 e. The van der Waals surface area contributed by atoms with Gasteiger partial charge in [-0.05, 0) is 38.5 Å². The van der Waals surface area contributed by atoms with Crippen LogP contribution in [0, 0.1) is 13.8 Å². The fourth-order valence-electron chi connectivity index (χ4n) is 3.98. The molecule has 1 aromatic carbocycles. The second-order valence-electron chi connectivity index (χ2n) is 7.96. The number of carbonyl (C=O) groups is 1. The zero-order valence-corrected chi connectivity index (χ0v) is 19.3. The molecule has 1 amide bonds. The molecule has 1 saturated heterocycles. The second kappa shape index (κ2) is 8.80. The summed E-state index contributed by atoms with van der Waals surface area (Å²) in [6.45, 7) is 4.71. The third kappa shape index (κ3) is 4.27. The number of oxazole rings is 1. The van der Waals surface area contributed by atoms with Crippen molar-refractivity contribution < 1.29 is 14.3 Å². The standard InChI is InChI=1S/C22H23N7O3.ClH/c1-12-20(32-22(25-12)16-4-6-23-13(2)26-16)21(31)27-17-9-18-14(10-24-28(18)3)8-19(17)29-7-5-15(30)11-29;/h4,6,8-10,15,30H,5,7,11H2,1-3H3,(H,27,31);1H/t15-;/m0./s1. The number of aliphatic hydroxyl groups excluding tert-OH is 1. The Kier molecular flexibility index (Phi) is 6.05. The Hall–Kier alpha value is -3.50. The lowest BCUT2D eigenvalue weighted by molar-refractivity contribution is 0.0996. The largest absolute Gasteiger partial charge is 0.429 e. The molecular weight excluding hydrogens is 446 g/mol. The Labute approximate surface area is 196 Å². The molecule has 4 aromatic rings. The minimum absolute atomic E-state index is 0. The van der Waals surface area contributed by atoms with E-state index in [1.165, 1.54) is 0 Å². The highest BCUT2D eigenvalue weighted by Gasteiger charge is 2.26. The highest BCUT2D eigenvalue weighted by Crippen LogP contribution is 2.34. The first-order valence-electron chi connectivity index (χ1n) is 10.4. The maximum atomic E-state index is 13.2. The van der Waals surface area contributed by atoms with Crippen molar-refractivity contribution in [1.82, 2.24) is 24.7 Å². The Morgan fingerprint density at radius 1 is 1.27 bits per heavy atom. The minimum Gasteiger partial charge on any atom is -0.429 e. The van der Waals surface area contributed by atoms with Gasteiger partial charge in [0.05, 0.1) is 34.9 Å². The predicted octanol–water partition coefficient (Wildman–Crippen LogP) is 2.88. The number of amides is 1. The van der Waals surface area contributed by atoms with Gasteiger partial charge in [0.1, 0.15) is 11.5 Å². The number of fused-ring (bicyclic) bond motifs is 1. The Bertz CT molecular complexity index is 1330. The van der Waals surface area contributed by atoms with E-state index in [0.29, 0.717) is 42.4 Å². The second-order valence-corrected chi connectivity index (χ2v) is 7.96. The summed E-state index contributed by atoms with van der Waals surface area (Å²) >= 11 is 0. The van der Waals surface area contributed by atoms with Gasteiger partial charge in [0.15, 0.2) is 0 Å². The molecule has 1 atom stereocenters. The zero-order valence-electron chi connectivity index (χ0n) is 18.4. The number of nitrogens with zero attached hydrogens (tertiary/aromatic N) is 6. The first-order valence-corrected chi connectivity index (χ1v) is 10.4. The summed E-state index contributed by atoms with van der Waals surface area (Å²) in [7, 11) is 1.85. The number of halogens is 1. The monoisotopic (exact) mass is 469 g/mol. The van der Waals surface area contributed by atoms with Crippen LogP contribution in [0.5, 0.6) is 0 Å². The molecule has 0 spiro atoms. The van der Waals surface area contributed by atoms with Crippen molar-refractivity contribution >= 4 is 40.6 Å². The molecule has 2 N–H and O–H groups in total. The van der Waals surface area contributed by atoms with E-state index in [4.69, 9.17) is 4.42 Å². The van der Waals surface area contributed by atoms with Gasteiger partial charge in [-0.2, -0.15) is 5.10 Å². The number of carbonyl (C=O) groups excluding carboxylic acids is 1. The molecule has 0 aliphatic carbocycles. The van der Waals surface area contributed by atoms with E-state index in [1.54, 1.807) is 37.0 Å². The molecule has 1 aliphatic heterocycles. The van der Waals surface area contributed by atoms with Gasteiger partial charge in [0, 0.05) is 31.7 Å². The fraction of sp³-hybridized carbons (Fsp3) is 0.318. The molecule has 172 valence electrons. The van der Waals surface area contributed by atoms with E-state index in [2.05, 4.69) is 30.3 Å². The van der Waals surface area contributed by atoms with Crippen molar-refractivity contribution in [1.29, 1.82) is 0 Å². The van der Waals surface area contributed by atoms with Gasteiger partial charge in [-0.15, -0.1) is 12.4 Å². The Morgan fingerprint density at radius 2 is 2.09 bits per heavy atom. The zero-order chi connectivity index (χ0) is 22.4. The molecule has 11 heteroatoms. The van der Waals surface area contributed by atoms with E-state index in [9.17, 15) is 9.90 Å². The lowest BCUT2D eigenvalue weighted by atomic mass is 10.1. The number of anilines is 2. The first kappa shape index (κ1) is 22.7. The van der Waals surface area contributed by atoms with Crippen LogP contribution in [-0.2, 0) is 7.05 Å². The van der Waals surface area contributed by atoms with Gasteiger partial charge in [-0.1, -0.05) is 0 Å². The predicted molar refractivity (Wildman–Crippen MR) is 126 cm³/mol. The summed E-state index contributed by atoms with van der Waals surface area (Å²) in [5.74, 6) is 0.567. The maximum absolute atomic E-state index is 13.2. The normalized spacial score (nSPS) is 15.6. The molecule has 5 rings (SSSR count). The highest BCUT2D eigenvalue weighted by molar-refractivity contribution is 6.06. The van der Waals surface area contributed by atoms with Gasteiger partial charge in [-0.25, -0.2) is 15.0 Å². The summed E-state index contributed by atoms with van der Waals surface area (Å²) in [6, 6.07) is 5.56. The van der Waals surface area contributed by atoms with Crippen LogP contribution in [0.3, 0.4) is 0 Å². The van der Waals surface area contributed by atoms with Crippen molar-refractivity contribution in [3.05, 3.63) is 47.9 Å². The van der Waals surface area contributed by atoms with Gasteiger partial charge < -0.3 is 19.7 Å². The summed E-state index contributed by atoms with van der Waals surface area (Å²) in [6.07, 6.45) is 3.70. The van der Waals surface area contributed by atoms with Crippen LogP contribution in [0.2, 0.25) is 0 Å². The highest BCUT2D eigenvalue weighted by atomic mass is 35.5. The SMILES string of the molecule is Cc1nccc(-c2nc(C)c(C(=O)Nc3cc4c(cnn4C)cc3N3CC[C@H](O)C3)o2)n1.Cl. The van der Waals surface area contributed by atoms with E-state index in [-0.39, 0.29) is 24.1 Å². The van der Waals surface area contributed by atoms with Crippen LogP contribution in [0.15, 0.2) is 35.0 Å². The Balaban J connectivity index is 0.00000259. The lowest BCUT2D eigenvalue weighted by Gasteiger charge is -2.22. The molecular formula is C22H24ClN7O3. The number of aliphatic hydroxyl groups is 1. The van der Waals surface area contributed by atoms with Crippen molar-refractivity contribution in [2.24, 2.45) is 7.05 Å². The third-order valence-electron chi connectivity index (χ3n) is 5.61. The van der Waals surface area contributed by atoms with E-state index < -0.39 is 12.0 Å². The molecule has 1 fully saturated rings. The number of hydrogen-bond donors (Lipinski definition) is 2. The van der Waals surface area contributed by atoms with Crippen molar-refractivity contribution in [2.45, 2.75) is 26.4 Å². The van der Waals surface area contributed by atoms with Gasteiger partial charge in [-0.3, -0.25) is 9.48 Å². The van der Waals surface area contributed by atoms with Crippen LogP contribution < -0.4 is 10.2 Å². The summed E-state index contributed by atoms with van der Waals surface area (Å²) in [5.41, 5.74) is 3.32. The lowest BCUT2D eigenvalue weighted by Crippen LogP contribution is -2.23. The smallest absolute Gasteiger partial charge is 0.293 e. The van der Waals surface area contributed by atoms with E-state index >= 15 is 0 Å². The van der Waals surface area contributed by atoms with Crippen LogP contribution in [-0.4, -0.2) is 54.9 Å². The summed E-state index contributed by atoms with van der Waals surface area (Å²) in [4.78, 5) is 28.0. The van der Waals surface area contributed by atoms with Gasteiger partial charge >= 0.3 is 0 Å². The number of aryl methyl sites for hydroxylation is 3. The molecule has 0 saturated carbocycles. The summed E-state index contributed by atoms with van der Waals surface area (Å²) in [5, 5.41) is 18.3. The molecule has 10 nitrogen and oxygen atoms in total. The minimum atomic E-state index is -0.408. The molecule has 0 bridgehead atoms. The molecule has 3 aromatic heterocycles. The molecule has 33 heavy (non-hydrogen) atoms. The number of rotatable bonds is 4. The topological polar surface area (TPSA) is 122 Å². The molecule has 0 radical (unpaired) electrons. The molecule has 4 heterocycles. The number of aromatic nitrogens is 5. The quantitative estimate of drug-likeness (QED) is 0.467.